The second-order valence-electron chi connectivity index (χ2n) is 5.22. The van der Waals surface area contributed by atoms with Gasteiger partial charge in [0.05, 0.1) is 0 Å². The summed E-state index contributed by atoms with van der Waals surface area (Å²) < 4.78 is 0. The first kappa shape index (κ1) is 15.3. The summed E-state index contributed by atoms with van der Waals surface area (Å²) in [6.07, 6.45) is 8.08. The fourth-order valence-electron chi connectivity index (χ4n) is 2.56. The van der Waals surface area contributed by atoms with Crippen LogP contribution in [0.4, 0.5) is 5.69 Å². The molecule has 3 N–H and O–H groups in total. The van der Waals surface area contributed by atoms with Crippen LogP contribution in [0.25, 0.3) is 6.08 Å². The number of nitrogens with one attached hydrogen (secondary N) is 2. The fourth-order valence-corrected chi connectivity index (χ4v) is 2.56. The third-order valence-electron chi connectivity index (χ3n) is 3.72. The lowest BCUT2D eigenvalue weighted by molar-refractivity contribution is -0.124. The third-order valence-corrected chi connectivity index (χ3v) is 3.72. The number of rotatable bonds is 4. The Labute approximate surface area is 124 Å². The minimum Gasteiger partial charge on any atom is -0.325 e. The van der Waals surface area contributed by atoms with Gasteiger partial charge in [0.25, 0.3) is 5.91 Å². The van der Waals surface area contributed by atoms with Crippen LogP contribution in [0, 0.1) is 5.92 Å². The van der Waals surface area contributed by atoms with Gasteiger partial charge in [0, 0.05) is 17.7 Å². The molecule has 0 aliphatic heterocycles. The van der Waals surface area contributed by atoms with Crippen molar-refractivity contribution in [2.24, 2.45) is 5.92 Å². The highest BCUT2D eigenvalue weighted by Crippen LogP contribution is 2.26. The van der Waals surface area contributed by atoms with Gasteiger partial charge in [-0.05, 0) is 30.5 Å². The largest absolute Gasteiger partial charge is 0.325 e. The molecule has 0 heterocycles. The molecule has 0 aromatic heterocycles. The molecule has 0 saturated heterocycles. The van der Waals surface area contributed by atoms with Crippen molar-refractivity contribution in [1.29, 1.82) is 0 Å². The van der Waals surface area contributed by atoms with Gasteiger partial charge in [0.1, 0.15) is 0 Å². The van der Waals surface area contributed by atoms with E-state index in [1.165, 1.54) is 18.0 Å². The van der Waals surface area contributed by atoms with Crippen molar-refractivity contribution in [3.05, 3.63) is 35.9 Å². The van der Waals surface area contributed by atoms with Gasteiger partial charge < -0.3 is 5.32 Å². The van der Waals surface area contributed by atoms with Crippen molar-refractivity contribution in [3.8, 4) is 0 Å². The third kappa shape index (κ3) is 4.43. The first-order chi connectivity index (χ1) is 10.2. The lowest BCUT2D eigenvalue weighted by Crippen LogP contribution is -2.25. The van der Waals surface area contributed by atoms with E-state index in [1.54, 1.807) is 18.2 Å². The SMILES string of the molecule is O=C(/C=C/c1ccccc1NC(=O)C1CCCCC1)NO. The molecule has 21 heavy (non-hydrogen) atoms. The summed E-state index contributed by atoms with van der Waals surface area (Å²) in [6.45, 7) is 0. The standard InChI is InChI=1S/C16H20N2O3/c19-15(18-21)11-10-12-6-4-5-9-14(12)17-16(20)13-7-2-1-3-8-13/h4-6,9-11,13,21H,1-3,7-8H2,(H,17,20)(H,18,19)/b11-10+. The number of hydrogen-bond acceptors (Lipinski definition) is 3. The maximum absolute atomic E-state index is 12.3. The minimum atomic E-state index is -0.608. The lowest BCUT2D eigenvalue weighted by atomic mass is 9.88. The summed E-state index contributed by atoms with van der Waals surface area (Å²) in [5.74, 6) is -0.484. The maximum atomic E-state index is 12.3. The van der Waals surface area contributed by atoms with Crippen LogP contribution in [0.2, 0.25) is 0 Å². The van der Waals surface area contributed by atoms with Gasteiger partial charge in [-0.3, -0.25) is 14.8 Å². The molecule has 5 nitrogen and oxygen atoms in total. The highest BCUT2D eigenvalue weighted by molar-refractivity contribution is 5.96. The van der Waals surface area contributed by atoms with Gasteiger partial charge in [-0.1, -0.05) is 37.5 Å². The Morgan fingerprint density at radius 1 is 1.14 bits per heavy atom. The topological polar surface area (TPSA) is 78.4 Å². The molecular formula is C16H20N2O3. The van der Waals surface area contributed by atoms with Gasteiger partial charge in [-0.15, -0.1) is 0 Å². The summed E-state index contributed by atoms with van der Waals surface area (Å²) in [5, 5.41) is 11.4. The van der Waals surface area contributed by atoms with E-state index in [0.717, 1.165) is 31.2 Å². The van der Waals surface area contributed by atoms with Gasteiger partial charge in [-0.25, -0.2) is 5.48 Å². The van der Waals surface area contributed by atoms with Crippen LogP contribution >= 0.6 is 0 Å². The van der Waals surface area contributed by atoms with E-state index in [9.17, 15) is 9.59 Å². The van der Waals surface area contributed by atoms with Crippen LogP contribution in [-0.4, -0.2) is 17.0 Å². The number of benzene rings is 1. The summed E-state index contributed by atoms with van der Waals surface area (Å²) >= 11 is 0. The van der Waals surface area contributed by atoms with Crippen LogP contribution in [0.5, 0.6) is 0 Å². The van der Waals surface area contributed by atoms with Crippen molar-refractivity contribution in [1.82, 2.24) is 5.48 Å². The van der Waals surface area contributed by atoms with Gasteiger partial charge in [0.2, 0.25) is 5.91 Å². The van der Waals surface area contributed by atoms with E-state index in [2.05, 4.69) is 5.32 Å². The summed E-state index contributed by atoms with van der Waals surface area (Å²) in [6, 6.07) is 7.27. The first-order valence-electron chi connectivity index (χ1n) is 7.23. The van der Waals surface area contributed by atoms with E-state index >= 15 is 0 Å². The molecule has 0 spiro atoms. The van der Waals surface area contributed by atoms with Gasteiger partial charge in [0.15, 0.2) is 0 Å². The quantitative estimate of drug-likeness (QED) is 0.453. The summed E-state index contributed by atoms with van der Waals surface area (Å²) in [7, 11) is 0. The second kappa shape index (κ2) is 7.59. The normalized spacial score (nSPS) is 15.9. The fraction of sp³-hybridized carbons (Fsp3) is 0.375. The Hall–Kier alpha value is -2.14. The van der Waals surface area contributed by atoms with Crippen molar-refractivity contribution < 1.29 is 14.8 Å². The van der Waals surface area contributed by atoms with E-state index in [-0.39, 0.29) is 11.8 Å². The van der Waals surface area contributed by atoms with E-state index in [4.69, 9.17) is 5.21 Å². The molecule has 0 unspecified atom stereocenters. The zero-order valence-corrected chi connectivity index (χ0v) is 11.8. The minimum absolute atomic E-state index is 0.0437. The Morgan fingerprint density at radius 2 is 1.86 bits per heavy atom. The zero-order chi connectivity index (χ0) is 15.1. The summed E-state index contributed by atoms with van der Waals surface area (Å²) in [5.41, 5.74) is 2.94. The molecule has 0 bridgehead atoms. The van der Waals surface area contributed by atoms with Crippen molar-refractivity contribution in [3.63, 3.8) is 0 Å². The molecule has 1 saturated carbocycles. The van der Waals surface area contributed by atoms with Crippen molar-refractivity contribution in [2.75, 3.05) is 5.32 Å². The maximum Gasteiger partial charge on any atom is 0.267 e. The van der Waals surface area contributed by atoms with Crippen LogP contribution < -0.4 is 10.8 Å². The predicted molar refractivity (Wildman–Crippen MR) is 80.6 cm³/mol. The second-order valence-corrected chi connectivity index (χ2v) is 5.22. The van der Waals surface area contributed by atoms with E-state index in [1.807, 2.05) is 12.1 Å². The Balaban J connectivity index is 2.07. The highest BCUT2D eigenvalue weighted by atomic mass is 16.5. The molecular weight excluding hydrogens is 268 g/mol. The van der Waals surface area contributed by atoms with E-state index < -0.39 is 5.91 Å². The number of carbonyl (C=O) groups is 2. The summed E-state index contributed by atoms with van der Waals surface area (Å²) in [4.78, 5) is 23.3. The van der Waals surface area contributed by atoms with Crippen LogP contribution in [-0.2, 0) is 9.59 Å². The molecule has 1 aromatic rings. The van der Waals surface area contributed by atoms with Crippen LogP contribution in [0.3, 0.4) is 0 Å². The highest BCUT2D eigenvalue weighted by Gasteiger charge is 2.21. The molecule has 2 amide bonds. The molecule has 5 heteroatoms. The van der Waals surface area contributed by atoms with Gasteiger partial charge in [-0.2, -0.15) is 0 Å². The number of carbonyl (C=O) groups excluding carboxylic acids is 2. The molecule has 0 atom stereocenters. The Kier molecular flexibility index (Phi) is 5.51. The van der Waals surface area contributed by atoms with Crippen LogP contribution in [0.15, 0.2) is 30.3 Å². The molecule has 1 aliphatic carbocycles. The van der Waals surface area contributed by atoms with Crippen molar-refractivity contribution in [2.45, 2.75) is 32.1 Å². The molecule has 2 rings (SSSR count). The Morgan fingerprint density at radius 3 is 2.57 bits per heavy atom. The number of hydrogen-bond donors (Lipinski definition) is 3. The smallest absolute Gasteiger partial charge is 0.267 e. The molecule has 1 fully saturated rings. The first-order valence-corrected chi connectivity index (χ1v) is 7.23. The van der Waals surface area contributed by atoms with Crippen LogP contribution in [0.1, 0.15) is 37.7 Å². The monoisotopic (exact) mass is 288 g/mol. The molecule has 1 aromatic carbocycles. The number of anilines is 1. The number of hydroxylamine groups is 1. The van der Waals surface area contributed by atoms with Crippen molar-refractivity contribution >= 4 is 23.6 Å². The zero-order valence-electron chi connectivity index (χ0n) is 11.8. The van der Waals surface area contributed by atoms with E-state index in [0.29, 0.717) is 5.69 Å². The average molecular weight is 288 g/mol. The molecule has 1 aliphatic rings. The predicted octanol–water partition coefficient (Wildman–Crippen LogP) is 2.72. The number of para-hydroxylation sites is 1. The van der Waals surface area contributed by atoms with Gasteiger partial charge >= 0.3 is 0 Å². The number of amides is 2. The Bertz CT molecular complexity index is 534. The molecule has 112 valence electrons. The molecule has 0 radical (unpaired) electrons. The average Bonchev–Trinajstić information content (AvgIpc) is 2.54. The lowest BCUT2D eigenvalue weighted by Gasteiger charge is -2.21.